The minimum Gasteiger partial charge on any atom is -0.455 e. The molecule has 146 valence electrons. The van der Waals surface area contributed by atoms with Crippen LogP contribution in [0.1, 0.15) is 41.6 Å². The van der Waals surface area contributed by atoms with Gasteiger partial charge < -0.3 is 14.6 Å². The molecule has 2 aromatic carbocycles. The number of carbonyl (C=O) groups excluding carboxylic acids is 1. The zero-order valence-electron chi connectivity index (χ0n) is 16.1. The van der Waals surface area contributed by atoms with Crippen molar-refractivity contribution in [1.29, 1.82) is 0 Å². The first-order valence-electron chi connectivity index (χ1n) is 9.39. The minimum absolute atomic E-state index is 0.0628. The maximum absolute atomic E-state index is 14.5. The van der Waals surface area contributed by atoms with E-state index in [1.54, 1.807) is 0 Å². The molecule has 0 saturated heterocycles. The number of benzene rings is 2. The van der Waals surface area contributed by atoms with E-state index in [1.165, 1.54) is 13.1 Å². The molecule has 1 aliphatic rings. The molecular formula is C22H22F2N2O2. The lowest BCUT2D eigenvalue weighted by atomic mass is 9.93. The van der Waals surface area contributed by atoms with Gasteiger partial charge in [-0.15, -0.1) is 0 Å². The Bertz CT molecular complexity index is 1070. The van der Waals surface area contributed by atoms with Crippen molar-refractivity contribution in [2.75, 3.05) is 25.5 Å². The first-order chi connectivity index (χ1) is 13.4. The number of rotatable bonds is 2. The number of carbonyl (C=O) groups is 1. The third-order valence-electron chi connectivity index (χ3n) is 5.54. The van der Waals surface area contributed by atoms with Gasteiger partial charge in [-0.3, -0.25) is 4.79 Å². The van der Waals surface area contributed by atoms with Crippen LogP contribution in [0.3, 0.4) is 0 Å². The number of anilines is 1. The first-order valence-corrected chi connectivity index (χ1v) is 9.39. The summed E-state index contributed by atoms with van der Waals surface area (Å²) in [6, 6.07) is 7.15. The van der Waals surface area contributed by atoms with Crippen LogP contribution < -0.4 is 10.2 Å². The molecule has 0 bridgehead atoms. The lowest BCUT2D eigenvalue weighted by Gasteiger charge is -2.20. The highest BCUT2D eigenvalue weighted by Crippen LogP contribution is 2.41. The van der Waals surface area contributed by atoms with Crippen LogP contribution in [0.2, 0.25) is 0 Å². The van der Waals surface area contributed by atoms with Crippen molar-refractivity contribution in [3.63, 3.8) is 0 Å². The van der Waals surface area contributed by atoms with Gasteiger partial charge in [0.15, 0.2) is 5.76 Å². The molecule has 0 saturated carbocycles. The number of halogens is 2. The number of nitrogens with zero attached hydrogens (tertiary/aromatic N) is 1. The van der Waals surface area contributed by atoms with Gasteiger partial charge in [0.1, 0.15) is 17.2 Å². The summed E-state index contributed by atoms with van der Waals surface area (Å²) in [6.07, 6.45) is 2.14. The average molecular weight is 384 g/mol. The molecular weight excluding hydrogens is 362 g/mol. The fourth-order valence-electron chi connectivity index (χ4n) is 4.00. The van der Waals surface area contributed by atoms with E-state index in [2.05, 4.69) is 17.1 Å². The van der Waals surface area contributed by atoms with Crippen molar-refractivity contribution < 1.29 is 18.0 Å². The van der Waals surface area contributed by atoms with E-state index in [-0.39, 0.29) is 22.8 Å². The van der Waals surface area contributed by atoms with Crippen molar-refractivity contribution in [2.45, 2.75) is 25.7 Å². The summed E-state index contributed by atoms with van der Waals surface area (Å²) in [7, 11) is 3.55. The Morgan fingerprint density at radius 3 is 2.75 bits per heavy atom. The third-order valence-corrected chi connectivity index (χ3v) is 5.54. The van der Waals surface area contributed by atoms with E-state index < -0.39 is 11.6 Å². The number of nitrogens with one attached hydrogen (secondary N) is 1. The lowest BCUT2D eigenvalue weighted by molar-refractivity contribution is 0.0964. The molecule has 2 heterocycles. The van der Waals surface area contributed by atoms with Gasteiger partial charge in [0.05, 0.1) is 11.1 Å². The summed E-state index contributed by atoms with van der Waals surface area (Å²) < 4.78 is 33.8. The maximum atomic E-state index is 14.5. The van der Waals surface area contributed by atoms with Crippen molar-refractivity contribution in [3.05, 3.63) is 53.1 Å². The smallest absolute Gasteiger partial charge is 0.255 e. The summed E-state index contributed by atoms with van der Waals surface area (Å²) in [5, 5.41) is 3.24. The van der Waals surface area contributed by atoms with Gasteiger partial charge >= 0.3 is 0 Å². The third kappa shape index (κ3) is 2.93. The molecule has 3 aromatic rings. The van der Waals surface area contributed by atoms with Crippen molar-refractivity contribution in [2.24, 2.45) is 0 Å². The number of hydrogen-bond donors (Lipinski definition) is 1. The standard InChI is InChI=1S/C22H22F2N2O2/c1-12-5-4-8-26(3)18-11-19-16(10-15(12)18)20(22(27)25-2)21(28-19)14-7-6-13(23)9-17(14)24/h6-7,9-12H,4-5,8H2,1-3H3,(H,25,27). The topological polar surface area (TPSA) is 45.5 Å². The van der Waals surface area contributed by atoms with E-state index in [1.807, 2.05) is 19.2 Å². The number of amides is 1. The summed E-state index contributed by atoms with van der Waals surface area (Å²) in [5.41, 5.74) is 3.04. The van der Waals surface area contributed by atoms with Crippen molar-refractivity contribution in [3.8, 4) is 11.3 Å². The molecule has 1 N–H and O–H groups in total. The maximum Gasteiger partial charge on any atom is 0.255 e. The Hall–Kier alpha value is -2.89. The van der Waals surface area contributed by atoms with Crippen LogP contribution in [0.4, 0.5) is 14.5 Å². The Kier molecular flexibility index (Phi) is 4.57. The van der Waals surface area contributed by atoms with E-state index in [9.17, 15) is 13.6 Å². The Morgan fingerprint density at radius 1 is 1.25 bits per heavy atom. The largest absolute Gasteiger partial charge is 0.455 e. The number of fused-ring (bicyclic) bond motifs is 2. The predicted octanol–water partition coefficient (Wildman–Crippen LogP) is 5.07. The van der Waals surface area contributed by atoms with Crippen LogP contribution in [0, 0.1) is 11.6 Å². The molecule has 0 fully saturated rings. The Balaban J connectivity index is 2.02. The van der Waals surface area contributed by atoms with E-state index >= 15 is 0 Å². The second kappa shape index (κ2) is 6.93. The molecule has 1 aromatic heterocycles. The van der Waals surface area contributed by atoms with Gasteiger partial charge in [0, 0.05) is 43.8 Å². The van der Waals surface area contributed by atoms with Crippen LogP contribution in [0.5, 0.6) is 0 Å². The highest BCUT2D eigenvalue weighted by molar-refractivity contribution is 6.11. The second-order valence-corrected chi connectivity index (χ2v) is 7.38. The predicted molar refractivity (Wildman–Crippen MR) is 106 cm³/mol. The number of hydrogen-bond acceptors (Lipinski definition) is 3. The summed E-state index contributed by atoms with van der Waals surface area (Å²) in [6.45, 7) is 3.11. The molecule has 0 radical (unpaired) electrons. The van der Waals surface area contributed by atoms with Crippen LogP contribution in [-0.2, 0) is 0 Å². The van der Waals surface area contributed by atoms with Crippen LogP contribution in [-0.4, -0.2) is 26.5 Å². The minimum atomic E-state index is -0.767. The molecule has 4 rings (SSSR count). The highest BCUT2D eigenvalue weighted by Gasteiger charge is 2.27. The normalized spacial score (nSPS) is 16.8. The molecule has 1 amide bonds. The van der Waals surface area contributed by atoms with Gasteiger partial charge in [-0.2, -0.15) is 0 Å². The van der Waals surface area contributed by atoms with Crippen LogP contribution in [0.25, 0.3) is 22.3 Å². The van der Waals surface area contributed by atoms with Gasteiger partial charge in [-0.1, -0.05) is 6.92 Å². The fourth-order valence-corrected chi connectivity index (χ4v) is 4.00. The highest BCUT2D eigenvalue weighted by atomic mass is 19.1. The van der Waals surface area contributed by atoms with E-state index in [0.29, 0.717) is 16.9 Å². The van der Waals surface area contributed by atoms with Gasteiger partial charge in [-0.05, 0) is 42.5 Å². The monoisotopic (exact) mass is 384 g/mol. The van der Waals surface area contributed by atoms with E-state index in [0.717, 1.165) is 42.8 Å². The van der Waals surface area contributed by atoms with Gasteiger partial charge in [0.2, 0.25) is 0 Å². The molecule has 1 atom stereocenters. The van der Waals surface area contributed by atoms with Crippen molar-refractivity contribution >= 4 is 22.6 Å². The molecule has 1 aliphatic heterocycles. The average Bonchev–Trinajstić information content (AvgIpc) is 2.97. The molecule has 6 heteroatoms. The second-order valence-electron chi connectivity index (χ2n) is 7.38. The molecule has 1 unspecified atom stereocenters. The van der Waals surface area contributed by atoms with Crippen LogP contribution in [0.15, 0.2) is 34.7 Å². The zero-order valence-corrected chi connectivity index (χ0v) is 16.1. The summed E-state index contributed by atoms with van der Waals surface area (Å²) in [4.78, 5) is 14.8. The number of furan rings is 1. The molecule has 28 heavy (non-hydrogen) atoms. The Morgan fingerprint density at radius 2 is 2.04 bits per heavy atom. The summed E-state index contributed by atoms with van der Waals surface area (Å²) >= 11 is 0. The molecule has 4 nitrogen and oxygen atoms in total. The quantitative estimate of drug-likeness (QED) is 0.671. The van der Waals surface area contributed by atoms with Crippen LogP contribution >= 0.6 is 0 Å². The lowest BCUT2D eigenvalue weighted by Crippen LogP contribution is -2.19. The SMILES string of the molecule is CNC(=O)c1c(-c2ccc(F)cc2F)oc2cc3c(cc12)C(C)CCCN3C. The van der Waals surface area contributed by atoms with E-state index in [4.69, 9.17) is 4.42 Å². The summed E-state index contributed by atoms with van der Waals surface area (Å²) in [5.74, 6) is -1.37. The van der Waals surface area contributed by atoms with Gasteiger partial charge in [0.25, 0.3) is 5.91 Å². The molecule has 0 spiro atoms. The van der Waals surface area contributed by atoms with Gasteiger partial charge in [-0.25, -0.2) is 8.78 Å². The zero-order chi connectivity index (χ0) is 20.0. The fraction of sp³-hybridized carbons (Fsp3) is 0.318. The Labute approximate surface area is 162 Å². The first kappa shape index (κ1) is 18.5. The van der Waals surface area contributed by atoms with Crippen molar-refractivity contribution in [1.82, 2.24) is 5.32 Å². The molecule has 0 aliphatic carbocycles.